The predicted octanol–water partition coefficient (Wildman–Crippen LogP) is 1.82. The lowest BCUT2D eigenvalue weighted by molar-refractivity contribution is 0.853. The molecule has 0 bridgehead atoms. The minimum absolute atomic E-state index is 1.01. The molecule has 1 heteroatoms. The molecule has 0 aliphatic heterocycles. The zero-order valence-electron chi connectivity index (χ0n) is 4.07. The monoisotopic (exact) mass is 110 g/mol. The molecule has 0 spiro atoms. The van der Waals surface area contributed by atoms with Crippen molar-refractivity contribution in [2.45, 2.75) is 12.8 Å². The summed E-state index contributed by atoms with van der Waals surface area (Å²) >= 11 is 0. The number of aryl methyl sites for hydroxylation is 2. The first-order chi connectivity index (χ1) is 3.47. The summed E-state index contributed by atoms with van der Waals surface area (Å²) in [4.78, 5) is 0. The second-order valence-electron chi connectivity index (χ2n) is 2.01. The van der Waals surface area contributed by atoms with Crippen molar-refractivity contribution in [1.29, 1.82) is 0 Å². The maximum Gasteiger partial charge on any atom is -0.0232 e. The van der Waals surface area contributed by atoms with Gasteiger partial charge in [0.05, 0.1) is 0 Å². The quantitative estimate of drug-likeness (QED) is 0.477. The molecule has 0 aromatic carbocycles. The second kappa shape index (κ2) is 1.14. The molecule has 2 rings (SSSR count). The Morgan fingerprint density at radius 2 is 1.71 bits per heavy atom. The van der Waals surface area contributed by atoms with Crippen LogP contribution in [0.1, 0.15) is 11.1 Å². The molecule has 1 aliphatic rings. The lowest BCUT2D eigenvalue weighted by Crippen LogP contribution is -2.02. The van der Waals surface area contributed by atoms with Crippen molar-refractivity contribution in [2.24, 2.45) is 0 Å². The molecular formula is C6H7P. The SMILES string of the molecule is c1[pH]cc2c1CC2. The maximum atomic E-state index is 2.36. The molecule has 0 atom stereocenters. The Balaban J connectivity index is 2.69. The van der Waals surface area contributed by atoms with Crippen molar-refractivity contribution in [3.63, 3.8) is 0 Å². The van der Waals surface area contributed by atoms with E-state index < -0.39 is 0 Å². The van der Waals surface area contributed by atoms with Gasteiger partial charge in [0, 0.05) is 0 Å². The standard InChI is InChI=1S/C6H7P/c1-2-6-4-7-3-5(1)6/h3-4,7H,1-2H2. The molecule has 1 aromatic heterocycles. The molecular weight excluding hydrogens is 103 g/mol. The van der Waals surface area contributed by atoms with Crippen LogP contribution in [0.15, 0.2) is 11.6 Å². The van der Waals surface area contributed by atoms with Gasteiger partial charge in [-0.05, 0) is 35.6 Å². The molecule has 1 aliphatic carbocycles. The van der Waals surface area contributed by atoms with Gasteiger partial charge in [-0.3, -0.25) is 0 Å². The van der Waals surface area contributed by atoms with Crippen molar-refractivity contribution < 1.29 is 0 Å². The van der Waals surface area contributed by atoms with Crippen LogP contribution in [-0.4, -0.2) is 0 Å². The van der Waals surface area contributed by atoms with Crippen LogP contribution in [0.25, 0.3) is 0 Å². The fourth-order valence-electron chi connectivity index (χ4n) is 0.986. The third-order valence-electron chi connectivity index (χ3n) is 1.59. The third kappa shape index (κ3) is 0.378. The summed E-state index contributed by atoms with van der Waals surface area (Å²) in [5, 5.41) is 0. The minimum Gasteiger partial charge on any atom is -0.139 e. The summed E-state index contributed by atoms with van der Waals surface area (Å²) < 4.78 is 0. The summed E-state index contributed by atoms with van der Waals surface area (Å²) in [5.41, 5.74) is 3.27. The topological polar surface area (TPSA) is 0 Å². The van der Waals surface area contributed by atoms with E-state index in [1.54, 1.807) is 11.1 Å². The Bertz CT molecular complexity index is 158. The van der Waals surface area contributed by atoms with Gasteiger partial charge in [-0.25, -0.2) is 0 Å². The third-order valence-corrected chi connectivity index (χ3v) is 2.62. The molecule has 0 unspecified atom stereocenters. The first kappa shape index (κ1) is 3.74. The van der Waals surface area contributed by atoms with Crippen LogP contribution in [0.5, 0.6) is 0 Å². The van der Waals surface area contributed by atoms with Crippen LogP contribution < -0.4 is 0 Å². The van der Waals surface area contributed by atoms with Gasteiger partial charge in [-0.2, -0.15) is 0 Å². The minimum atomic E-state index is 1.01. The summed E-state index contributed by atoms with van der Waals surface area (Å²) in [6.07, 6.45) is 2.72. The van der Waals surface area contributed by atoms with Gasteiger partial charge in [-0.1, -0.05) is 0 Å². The number of hydrogen-bond acceptors (Lipinski definition) is 0. The first-order valence-electron chi connectivity index (χ1n) is 2.61. The zero-order valence-corrected chi connectivity index (χ0v) is 5.07. The van der Waals surface area contributed by atoms with Gasteiger partial charge < -0.3 is 0 Å². The second-order valence-corrected chi connectivity index (χ2v) is 2.92. The van der Waals surface area contributed by atoms with Gasteiger partial charge in [0.15, 0.2) is 0 Å². The van der Waals surface area contributed by atoms with Crippen molar-refractivity contribution in [1.82, 2.24) is 0 Å². The average molecular weight is 110 g/mol. The van der Waals surface area contributed by atoms with Crippen LogP contribution in [-0.2, 0) is 12.8 Å². The van der Waals surface area contributed by atoms with Crippen molar-refractivity contribution >= 4 is 8.19 Å². The lowest BCUT2D eigenvalue weighted by atomic mass is 9.94. The molecule has 0 fully saturated rings. The first-order valence-corrected chi connectivity index (χ1v) is 3.77. The molecule has 0 radical (unpaired) electrons. The predicted molar refractivity (Wildman–Crippen MR) is 33.4 cm³/mol. The van der Waals surface area contributed by atoms with Crippen LogP contribution in [0.3, 0.4) is 0 Å². The van der Waals surface area contributed by atoms with Crippen LogP contribution in [0.4, 0.5) is 0 Å². The van der Waals surface area contributed by atoms with Crippen LogP contribution >= 0.6 is 8.19 Å². The van der Waals surface area contributed by atoms with E-state index in [1.165, 1.54) is 12.8 Å². The molecule has 1 aromatic rings. The van der Waals surface area contributed by atoms with Gasteiger partial charge in [-0.15, -0.1) is 8.19 Å². The maximum absolute atomic E-state index is 2.36. The van der Waals surface area contributed by atoms with E-state index >= 15 is 0 Å². The number of fused-ring (bicyclic) bond motifs is 1. The van der Waals surface area contributed by atoms with E-state index in [4.69, 9.17) is 0 Å². The van der Waals surface area contributed by atoms with Gasteiger partial charge in [0.2, 0.25) is 0 Å². The molecule has 0 saturated heterocycles. The van der Waals surface area contributed by atoms with E-state index in [9.17, 15) is 0 Å². The molecule has 0 N–H and O–H groups in total. The highest BCUT2D eigenvalue weighted by Crippen LogP contribution is 2.28. The summed E-state index contributed by atoms with van der Waals surface area (Å²) in [7, 11) is 1.01. The smallest absolute Gasteiger partial charge is 0.0232 e. The number of hydrogen-bond donors (Lipinski definition) is 0. The van der Waals surface area contributed by atoms with E-state index in [-0.39, 0.29) is 0 Å². The van der Waals surface area contributed by atoms with Gasteiger partial charge in [0.25, 0.3) is 0 Å². The molecule has 0 saturated carbocycles. The largest absolute Gasteiger partial charge is 0.139 e. The van der Waals surface area contributed by atoms with E-state index in [1.807, 2.05) is 0 Å². The Morgan fingerprint density at radius 3 is 2.00 bits per heavy atom. The summed E-state index contributed by atoms with van der Waals surface area (Å²) in [5.74, 6) is 4.72. The molecule has 1 heterocycles. The van der Waals surface area contributed by atoms with Crippen LogP contribution in [0.2, 0.25) is 0 Å². The van der Waals surface area contributed by atoms with Crippen molar-refractivity contribution in [3.8, 4) is 0 Å². The Hall–Kier alpha value is -0.220. The van der Waals surface area contributed by atoms with E-state index in [2.05, 4.69) is 11.6 Å². The van der Waals surface area contributed by atoms with E-state index in [0.29, 0.717) is 0 Å². The Morgan fingerprint density at radius 1 is 1.14 bits per heavy atom. The molecule has 0 nitrogen and oxygen atoms in total. The highest BCUT2D eigenvalue weighted by atomic mass is 31.0. The highest BCUT2D eigenvalue weighted by molar-refractivity contribution is 7.28. The molecule has 36 valence electrons. The number of rotatable bonds is 0. The summed E-state index contributed by atoms with van der Waals surface area (Å²) in [6.45, 7) is 0. The Kier molecular flexibility index (Phi) is 0.608. The van der Waals surface area contributed by atoms with Gasteiger partial charge >= 0.3 is 0 Å². The fourth-order valence-corrected chi connectivity index (χ4v) is 2.13. The van der Waals surface area contributed by atoms with Gasteiger partial charge in [0.1, 0.15) is 0 Å². The lowest BCUT2D eigenvalue weighted by Gasteiger charge is -2.10. The highest BCUT2D eigenvalue weighted by Gasteiger charge is 2.10. The normalized spacial score (nSPS) is 15.4. The zero-order chi connectivity index (χ0) is 4.69. The van der Waals surface area contributed by atoms with Crippen molar-refractivity contribution in [3.05, 3.63) is 22.7 Å². The Labute approximate surface area is 44.6 Å². The summed E-state index contributed by atoms with van der Waals surface area (Å²) in [6, 6.07) is 0. The fraction of sp³-hybridized carbons (Fsp3) is 0.333. The van der Waals surface area contributed by atoms with E-state index in [0.717, 1.165) is 8.19 Å². The van der Waals surface area contributed by atoms with Crippen LogP contribution in [0, 0.1) is 0 Å². The van der Waals surface area contributed by atoms with Crippen molar-refractivity contribution in [2.75, 3.05) is 0 Å². The molecule has 7 heavy (non-hydrogen) atoms. The average Bonchev–Trinajstić information content (AvgIpc) is 1.85. The molecule has 0 amide bonds.